The number of nitrogens with one attached hydrogen (secondary N) is 1. The van der Waals surface area contributed by atoms with Gasteiger partial charge in [0.2, 0.25) is 5.91 Å². The topological polar surface area (TPSA) is 44.8 Å². The van der Waals surface area contributed by atoms with Crippen molar-refractivity contribution in [1.29, 1.82) is 0 Å². The van der Waals surface area contributed by atoms with Crippen LogP contribution in [0, 0.1) is 0 Å². The van der Waals surface area contributed by atoms with Crippen LogP contribution in [0.15, 0.2) is 48.5 Å². The van der Waals surface area contributed by atoms with Gasteiger partial charge in [0, 0.05) is 52.3 Å². The van der Waals surface area contributed by atoms with Crippen molar-refractivity contribution in [2.45, 2.75) is 31.4 Å². The molecule has 2 aromatic carbocycles. The fraction of sp³-hybridized carbons (Fsp3) is 0.409. The number of hydrogen-bond donors (Lipinski definition) is 1. The molecule has 5 nitrogen and oxygen atoms in total. The van der Waals surface area contributed by atoms with E-state index in [1.165, 1.54) is 11.3 Å². The Morgan fingerprint density at radius 3 is 2.48 bits per heavy atom. The highest BCUT2D eigenvalue weighted by atomic mass is 16.5. The summed E-state index contributed by atoms with van der Waals surface area (Å²) < 4.78 is 6.38. The molecule has 5 heteroatoms. The molecular formula is C22H27N3O2. The van der Waals surface area contributed by atoms with E-state index >= 15 is 0 Å². The lowest BCUT2D eigenvalue weighted by molar-refractivity contribution is -0.121. The van der Waals surface area contributed by atoms with E-state index in [-0.39, 0.29) is 11.5 Å². The largest absolute Gasteiger partial charge is 0.484 e. The van der Waals surface area contributed by atoms with Crippen LogP contribution >= 0.6 is 0 Å². The molecule has 0 aliphatic carbocycles. The van der Waals surface area contributed by atoms with E-state index in [1.807, 2.05) is 24.3 Å². The predicted molar refractivity (Wildman–Crippen MR) is 108 cm³/mol. The third-order valence-electron chi connectivity index (χ3n) is 5.60. The lowest BCUT2D eigenvalue weighted by atomic mass is 9.87. The number of para-hydroxylation sites is 2. The molecule has 2 aliphatic rings. The second kappa shape index (κ2) is 7.24. The molecule has 1 N–H and O–H groups in total. The quantitative estimate of drug-likeness (QED) is 0.904. The van der Waals surface area contributed by atoms with Crippen molar-refractivity contribution < 1.29 is 9.53 Å². The Kier molecular flexibility index (Phi) is 4.79. The monoisotopic (exact) mass is 365 g/mol. The predicted octanol–water partition coefficient (Wildman–Crippen LogP) is 3.51. The smallest absolute Gasteiger partial charge is 0.228 e. The highest BCUT2D eigenvalue weighted by Gasteiger charge is 2.40. The number of hydrogen-bond acceptors (Lipinski definition) is 4. The van der Waals surface area contributed by atoms with Gasteiger partial charge >= 0.3 is 0 Å². The summed E-state index contributed by atoms with van der Waals surface area (Å²) >= 11 is 0. The second-order valence-electron chi connectivity index (χ2n) is 7.84. The van der Waals surface area contributed by atoms with Crippen LogP contribution in [0.4, 0.5) is 11.4 Å². The van der Waals surface area contributed by atoms with Gasteiger partial charge in [-0.25, -0.2) is 0 Å². The summed E-state index contributed by atoms with van der Waals surface area (Å²) in [6.45, 7) is 2.81. The summed E-state index contributed by atoms with van der Waals surface area (Å²) in [7, 11) is 4.11. The Hall–Kier alpha value is -2.53. The first-order valence-electron chi connectivity index (χ1n) is 9.60. The van der Waals surface area contributed by atoms with Crippen molar-refractivity contribution in [1.82, 2.24) is 4.90 Å². The summed E-state index contributed by atoms with van der Waals surface area (Å²) in [6, 6.07) is 16.4. The Bertz CT molecular complexity index is 809. The van der Waals surface area contributed by atoms with Gasteiger partial charge in [0.15, 0.2) is 0 Å². The Morgan fingerprint density at radius 2 is 1.78 bits per heavy atom. The van der Waals surface area contributed by atoms with Gasteiger partial charge in [0.1, 0.15) is 11.4 Å². The van der Waals surface area contributed by atoms with E-state index in [0.717, 1.165) is 43.9 Å². The zero-order valence-corrected chi connectivity index (χ0v) is 16.1. The van der Waals surface area contributed by atoms with E-state index in [2.05, 4.69) is 53.5 Å². The number of benzene rings is 2. The zero-order valence-electron chi connectivity index (χ0n) is 16.1. The molecule has 2 aliphatic heterocycles. The van der Waals surface area contributed by atoms with Gasteiger partial charge in [-0.2, -0.15) is 0 Å². The van der Waals surface area contributed by atoms with Crippen LogP contribution in [-0.2, 0) is 11.3 Å². The number of carbonyl (C=O) groups is 1. The van der Waals surface area contributed by atoms with Crippen LogP contribution in [0.25, 0.3) is 0 Å². The third-order valence-corrected chi connectivity index (χ3v) is 5.60. The van der Waals surface area contributed by atoms with Gasteiger partial charge in [0.05, 0.1) is 12.1 Å². The zero-order chi connectivity index (χ0) is 18.9. The Morgan fingerprint density at radius 1 is 1.07 bits per heavy atom. The molecular weight excluding hydrogens is 338 g/mol. The van der Waals surface area contributed by atoms with Crippen LogP contribution in [0.3, 0.4) is 0 Å². The number of amides is 1. The van der Waals surface area contributed by atoms with E-state index in [9.17, 15) is 4.79 Å². The van der Waals surface area contributed by atoms with E-state index in [0.29, 0.717) is 6.42 Å². The van der Waals surface area contributed by atoms with E-state index in [1.54, 1.807) is 0 Å². The summed E-state index contributed by atoms with van der Waals surface area (Å²) in [4.78, 5) is 16.9. The molecule has 1 spiro atoms. The molecule has 0 radical (unpaired) electrons. The number of carbonyl (C=O) groups excluding carboxylic acids is 1. The van der Waals surface area contributed by atoms with Crippen LogP contribution in [0.2, 0.25) is 0 Å². The van der Waals surface area contributed by atoms with Gasteiger partial charge < -0.3 is 15.0 Å². The SMILES string of the molecule is CN(C)c1ccc(CN2CCC3(CC2)CC(=O)Nc2ccccc2O3)cc1. The van der Waals surface area contributed by atoms with Crippen molar-refractivity contribution >= 4 is 17.3 Å². The van der Waals surface area contributed by atoms with Gasteiger partial charge in [-0.3, -0.25) is 9.69 Å². The summed E-state index contributed by atoms with van der Waals surface area (Å²) in [6.07, 6.45) is 2.15. The van der Waals surface area contributed by atoms with Crippen molar-refractivity contribution in [2.24, 2.45) is 0 Å². The standard InChI is InChI=1S/C22H27N3O2/c1-24(2)18-9-7-17(8-10-18)16-25-13-11-22(12-14-25)15-21(26)23-19-5-3-4-6-20(19)27-22/h3-10H,11-16H2,1-2H3,(H,23,26). The number of nitrogens with zero attached hydrogens (tertiary/aromatic N) is 2. The molecule has 1 fully saturated rings. The third kappa shape index (κ3) is 3.93. The van der Waals surface area contributed by atoms with Gasteiger partial charge in [-0.15, -0.1) is 0 Å². The number of piperidine rings is 1. The molecule has 0 bridgehead atoms. The molecule has 0 saturated carbocycles. The molecule has 2 heterocycles. The molecule has 1 amide bonds. The molecule has 142 valence electrons. The number of rotatable bonds is 3. The first-order chi connectivity index (χ1) is 13.0. The van der Waals surface area contributed by atoms with Gasteiger partial charge in [0.25, 0.3) is 0 Å². The fourth-order valence-corrected chi connectivity index (χ4v) is 3.97. The Labute approximate surface area is 160 Å². The average Bonchev–Trinajstić information content (AvgIpc) is 2.79. The van der Waals surface area contributed by atoms with Crippen molar-refractivity contribution in [3.8, 4) is 5.75 Å². The number of likely N-dealkylation sites (tertiary alicyclic amines) is 1. The van der Waals surface area contributed by atoms with E-state index in [4.69, 9.17) is 4.74 Å². The van der Waals surface area contributed by atoms with E-state index < -0.39 is 0 Å². The van der Waals surface area contributed by atoms with Gasteiger partial charge in [-0.05, 0) is 29.8 Å². The molecule has 27 heavy (non-hydrogen) atoms. The van der Waals surface area contributed by atoms with Crippen molar-refractivity contribution in [3.05, 3.63) is 54.1 Å². The summed E-state index contributed by atoms with van der Waals surface area (Å²) in [5.74, 6) is 0.837. The second-order valence-corrected chi connectivity index (χ2v) is 7.84. The molecule has 1 saturated heterocycles. The minimum Gasteiger partial charge on any atom is -0.484 e. The van der Waals surface area contributed by atoms with Crippen LogP contribution < -0.4 is 15.0 Å². The van der Waals surface area contributed by atoms with Crippen LogP contribution in [0.1, 0.15) is 24.8 Å². The number of fused-ring (bicyclic) bond motifs is 1. The lowest BCUT2D eigenvalue weighted by Gasteiger charge is -2.40. The first-order valence-corrected chi connectivity index (χ1v) is 9.60. The molecule has 0 aromatic heterocycles. The van der Waals surface area contributed by atoms with Crippen LogP contribution in [-0.4, -0.2) is 43.6 Å². The molecule has 2 aromatic rings. The first kappa shape index (κ1) is 17.9. The molecule has 0 atom stereocenters. The maximum Gasteiger partial charge on any atom is 0.228 e. The van der Waals surface area contributed by atoms with Crippen LogP contribution in [0.5, 0.6) is 5.75 Å². The number of ether oxygens (including phenoxy) is 1. The summed E-state index contributed by atoms with van der Waals surface area (Å²) in [5.41, 5.74) is 2.93. The highest BCUT2D eigenvalue weighted by Crippen LogP contribution is 2.38. The van der Waals surface area contributed by atoms with Crippen molar-refractivity contribution in [3.63, 3.8) is 0 Å². The molecule has 4 rings (SSSR count). The fourth-order valence-electron chi connectivity index (χ4n) is 3.97. The maximum absolute atomic E-state index is 12.4. The van der Waals surface area contributed by atoms with Gasteiger partial charge in [-0.1, -0.05) is 24.3 Å². The maximum atomic E-state index is 12.4. The minimum atomic E-state index is -0.387. The number of anilines is 2. The Balaban J connectivity index is 1.41. The summed E-state index contributed by atoms with van der Waals surface area (Å²) in [5, 5.41) is 2.98. The lowest BCUT2D eigenvalue weighted by Crippen LogP contribution is -2.48. The average molecular weight is 365 g/mol. The highest BCUT2D eigenvalue weighted by molar-refractivity contribution is 5.93. The minimum absolute atomic E-state index is 0.0488. The van der Waals surface area contributed by atoms with Crippen molar-refractivity contribution in [2.75, 3.05) is 37.4 Å². The molecule has 0 unspecified atom stereocenters. The normalized spacial score (nSPS) is 19.0.